The lowest BCUT2D eigenvalue weighted by molar-refractivity contribution is 0.0704. The molecular formula is C12H23NO2. The molecule has 15 heavy (non-hydrogen) atoms. The molecule has 3 nitrogen and oxygen atoms in total. The highest BCUT2D eigenvalue weighted by Crippen LogP contribution is 2.25. The Labute approximate surface area is 92.2 Å². The van der Waals surface area contributed by atoms with Crippen molar-refractivity contribution in [2.24, 2.45) is 0 Å². The van der Waals surface area contributed by atoms with E-state index in [1.54, 1.807) is 0 Å². The Bertz CT molecular complexity index is 190. The number of hydrogen-bond acceptors (Lipinski definition) is 3. The summed E-state index contributed by atoms with van der Waals surface area (Å²) in [6.07, 6.45) is 8.25. The zero-order valence-corrected chi connectivity index (χ0v) is 9.61. The molecule has 2 saturated carbocycles. The third kappa shape index (κ3) is 2.92. The maximum absolute atomic E-state index is 9.43. The lowest BCUT2D eigenvalue weighted by atomic mass is 9.92. The minimum absolute atomic E-state index is 0.0511. The molecule has 2 atom stereocenters. The molecule has 0 aromatic rings. The van der Waals surface area contributed by atoms with E-state index in [4.69, 9.17) is 4.74 Å². The molecule has 0 heterocycles. The Hall–Kier alpha value is -0.120. The van der Waals surface area contributed by atoms with Crippen molar-refractivity contribution < 1.29 is 9.84 Å². The topological polar surface area (TPSA) is 41.5 Å². The van der Waals surface area contributed by atoms with Gasteiger partial charge in [-0.2, -0.15) is 0 Å². The summed E-state index contributed by atoms with van der Waals surface area (Å²) >= 11 is 0. The van der Waals surface area contributed by atoms with E-state index in [0.717, 1.165) is 25.7 Å². The van der Waals surface area contributed by atoms with E-state index in [-0.39, 0.29) is 6.10 Å². The molecule has 0 aliphatic heterocycles. The molecule has 0 spiro atoms. The normalized spacial score (nSPS) is 42.0. The lowest BCUT2D eigenvalue weighted by Gasteiger charge is -2.30. The van der Waals surface area contributed by atoms with Crippen molar-refractivity contribution in [2.45, 2.75) is 69.2 Å². The summed E-state index contributed by atoms with van der Waals surface area (Å²) in [7, 11) is 1.81. The molecule has 0 radical (unpaired) electrons. The van der Waals surface area contributed by atoms with E-state index in [0.29, 0.717) is 18.2 Å². The molecule has 0 aromatic carbocycles. The van der Waals surface area contributed by atoms with E-state index in [2.05, 4.69) is 5.32 Å². The predicted molar refractivity (Wildman–Crippen MR) is 59.8 cm³/mol. The summed E-state index contributed by atoms with van der Waals surface area (Å²) < 4.78 is 5.47. The quantitative estimate of drug-likeness (QED) is 0.745. The Morgan fingerprint density at radius 2 is 1.80 bits per heavy atom. The molecule has 2 aliphatic carbocycles. The molecule has 0 bridgehead atoms. The van der Waals surface area contributed by atoms with Gasteiger partial charge in [0, 0.05) is 19.2 Å². The molecule has 0 amide bonds. The van der Waals surface area contributed by atoms with Gasteiger partial charge in [-0.25, -0.2) is 0 Å². The summed E-state index contributed by atoms with van der Waals surface area (Å²) in [5.41, 5.74) is 0. The first-order valence-electron chi connectivity index (χ1n) is 6.26. The maximum atomic E-state index is 9.43. The van der Waals surface area contributed by atoms with Crippen LogP contribution in [0.5, 0.6) is 0 Å². The van der Waals surface area contributed by atoms with Crippen LogP contribution < -0.4 is 5.32 Å². The molecule has 3 heteroatoms. The second-order valence-corrected chi connectivity index (χ2v) is 4.98. The van der Waals surface area contributed by atoms with E-state index in [1.165, 1.54) is 19.3 Å². The SMILES string of the molecule is COC1CCCC1NC1CCC(O)CC1. The van der Waals surface area contributed by atoms with Crippen molar-refractivity contribution in [1.29, 1.82) is 0 Å². The molecule has 2 fully saturated rings. The summed E-state index contributed by atoms with van der Waals surface area (Å²) in [5, 5.41) is 13.1. The molecule has 2 rings (SSSR count). The first-order valence-corrected chi connectivity index (χ1v) is 6.26. The van der Waals surface area contributed by atoms with Crippen LogP contribution in [-0.2, 0) is 4.74 Å². The van der Waals surface area contributed by atoms with Crippen LogP contribution in [0.4, 0.5) is 0 Å². The Morgan fingerprint density at radius 1 is 1.07 bits per heavy atom. The highest BCUT2D eigenvalue weighted by atomic mass is 16.5. The van der Waals surface area contributed by atoms with Crippen LogP contribution in [0, 0.1) is 0 Å². The smallest absolute Gasteiger partial charge is 0.0724 e. The van der Waals surface area contributed by atoms with Crippen molar-refractivity contribution >= 4 is 0 Å². The standard InChI is InChI=1S/C12H23NO2/c1-15-12-4-2-3-11(12)13-9-5-7-10(14)8-6-9/h9-14H,2-8H2,1H3. The average Bonchev–Trinajstić information content (AvgIpc) is 2.69. The van der Waals surface area contributed by atoms with Gasteiger partial charge in [-0.15, -0.1) is 0 Å². The van der Waals surface area contributed by atoms with Crippen LogP contribution in [0.25, 0.3) is 0 Å². The molecular weight excluding hydrogens is 190 g/mol. The van der Waals surface area contributed by atoms with Gasteiger partial charge >= 0.3 is 0 Å². The van der Waals surface area contributed by atoms with Crippen LogP contribution in [0.1, 0.15) is 44.9 Å². The lowest BCUT2D eigenvalue weighted by Crippen LogP contribution is -2.45. The molecule has 2 aliphatic rings. The number of methoxy groups -OCH3 is 1. The van der Waals surface area contributed by atoms with Gasteiger partial charge in [0.15, 0.2) is 0 Å². The number of nitrogens with one attached hydrogen (secondary N) is 1. The van der Waals surface area contributed by atoms with Gasteiger partial charge < -0.3 is 15.2 Å². The average molecular weight is 213 g/mol. The van der Waals surface area contributed by atoms with Gasteiger partial charge in [0.1, 0.15) is 0 Å². The van der Waals surface area contributed by atoms with Crippen LogP contribution in [-0.4, -0.2) is 36.5 Å². The van der Waals surface area contributed by atoms with Crippen molar-refractivity contribution in [3.05, 3.63) is 0 Å². The van der Waals surface area contributed by atoms with Gasteiger partial charge in [-0.1, -0.05) is 0 Å². The first kappa shape index (κ1) is 11.4. The van der Waals surface area contributed by atoms with E-state index in [1.807, 2.05) is 7.11 Å². The number of aliphatic hydroxyl groups is 1. The third-order valence-electron chi connectivity index (χ3n) is 3.90. The number of ether oxygens (including phenoxy) is 1. The van der Waals surface area contributed by atoms with Gasteiger partial charge in [-0.3, -0.25) is 0 Å². The van der Waals surface area contributed by atoms with Gasteiger partial charge in [0.25, 0.3) is 0 Å². The van der Waals surface area contributed by atoms with Crippen LogP contribution in [0.15, 0.2) is 0 Å². The maximum Gasteiger partial charge on any atom is 0.0724 e. The zero-order chi connectivity index (χ0) is 10.7. The summed E-state index contributed by atoms with van der Waals surface area (Å²) in [5.74, 6) is 0. The highest BCUT2D eigenvalue weighted by Gasteiger charge is 2.30. The highest BCUT2D eigenvalue weighted by molar-refractivity contribution is 4.88. The fraction of sp³-hybridized carbons (Fsp3) is 1.00. The summed E-state index contributed by atoms with van der Waals surface area (Å²) in [4.78, 5) is 0. The van der Waals surface area contributed by atoms with E-state index >= 15 is 0 Å². The van der Waals surface area contributed by atoms with E-state index in [9.17, 15) is 5.11 Å². The Morgan fingerprint density at radius 3 is 2.47 bits per heavy atom. The fourth-order valence-corrected chi connectivity index (χ4v) is 2.94. The van der Waals surface area contributed by atoms with Crippen LogP contribution >= 0.6 is 0 Å². The number of aliphatic hydroxyl groups excluding tert-OH is 1. The van der Waals surface area contributed by atoms with Crippen molar-refractivity contribution in [1.82, 2.24) is 5.32 Å². The summed E-state index contributed by atoms with van der Waals surface area (Å²) in [6, 6.07) is 1.16. The minimum Gasteiger partial charge on any atom is -0.393 e. The molecule has 88 valence electrons. The van der Waals surface area contributed by atoms with Crippen LogP contribution in [0.2, 0.25) is 0 Å². The molecule has 2 unspecified atom stereocenters. The van der Waals surface area contributed by atoms with Gasteiger partial charge in [0.2, 0.25) is 0 Å². The van der Waals surface area contributed by atoms with E-state index < -0.39 is 0 Å². The second kappa shape index (κ2) is 5.28. The Balaban J connectivity index is 1.76. The van der Waals surface area contributed by atoms with Crippen molar-refractivity contribution in [2.75, 3.05) is 7.11 Å². The molecule has 2 N–H and O–H groups in total. The zero-order valence-electron chi connectivity index (χ0n) is 9.61. The fourth-order valence-electron chi connectivity index (χ4n) is 2.94. The van der Waals surface area contributed by atoms with Crippen LogP contribution in [0.3, 0.4) is 0 Å². The minimum atomic E-state index is -0.0511. The van der Waals surface area contributed by atoms with Gasteiger partial charge in [0.05, 0.1) is 12.2 Å². The number of hydrogen-bond donors (Lipinski definition) is 2. The predicted octanol–water partition coefficient (Wildman–Crippen LogP) is 1.45. The Kier molecular flexibility index (Phi) is 4.00. The second-order valence-electron chi connectivity index (χ2n) is 4.98. The van der Waals surface area contributed by atoms with Crippen molar-refractivity contribution in [3.8, 4) is 0 Å². The summed E-state index contributed by atoms with van der Waals surface area (Å²) in [6.45, 7) is 0. The molecule has 0 saturated heterocycles. The van der Waals surface area contributed by atoms with Gasteiger partial charge in [-0.05, 0) is 44.9 Å². The monoisotopic (exact) mass is 213 g/mol. The van der Waals surface area contributed by atoms with Crippen molar-refractivity contribution in [3.63, 3.8) is 0 Å². The first-order chi connectivity index (χ1) is 7.29. The largest absolute Gasteiger partial charge is 0.393 e. The third-order valence-corrected chi connectivity index (χ3v) is 3.90. The molecule has 0 aromatic heterocycles. The number of rotatable bonds is 3.